The number of benzene rings is 2. The van der Waals surface area contributed by atoms with Crippen LogP contribution in [0.25, 0.3) is 33.2 Å². The number of hydrogen-bond donors (Lipinski definition) is 6. The second-order valence-electron chi connectivity index (χ2n) is 16.4. The van der Waals surface area contributed by atoms with Crippen molar-refractivity contribution in [1.29, 1.82) is 0 Å². The molecule has 0 aliphatic carbocycles. The lowest BCUT2D eigenvalue weighted by molar-refractivity contribution is -0.139. The van der Waals surface area contributed by atoms with Gasteiger partial charge in [0.25, 0.3) is 0 Å². The molecule has 2 fully saturated rings. The van der Waals surface area contributed by atoms with Gasteiger partial charge in [-0.2, -0.15) is 0 Å². The zero-order valence-electron chi connectivity index (χ0n) is 34.3. The van der Waals surface area contributed by atoms with E-state index < -0.39 is 53.9 Å². The van der Waals surface area contributed by atoms with Gasteiger partial charge in [0.2, 0.25) is 17.7 Å². The maximum Gasteiger partial charge on any atom is 0.245 e. The van der Waals surface area contributed by atoms with Crippen LogP contribution in [-0.4, -0.2) is 110 Å². The van der Waals surface area contributed by atoms with Gasteiger partial charge in [0.05, 0.1) is 29.6 Å². The Hall–Kier alpha value is -4.66. The van der Waals surface area contributed by atoms with Crippen LogP contribution in [0.5, 0.6) is 0 Å². The number of aromatic nitrogens is 2. The molecule has 6 N–H and O–H groups in total. The van der Waals surface area contributed by atoms with E-state index in [4.69, 9.17) is 0 Å². The number of likely N-dealkylation sites (tertiary alicyclic amines) is 2. The molecule has 2 aliphatic rings. The Balaban J connectivity index is 1.40. The molecule has 4 aromatic rings. The highest BCUT2D eigenvalue weighted by Crippen LogP contribution is 2.40. The number of halogens is 2. The maximum absolute atomic E-state index is 14.8. The number of hydrogen-bond acceptors (Lipinski definition) is 7. The number of likely N-dealkylation sites (N-methyl/N-ethyl adjacent to an activating group) is 1. The second-order valence-corrected chi connectivity index (χ2v) is 16.4. The minimum absolute atomic E-state index is 0.0705. The number of Topliss-reactive ketones (excluding diaryl/α,β-unsaturated/α-hetero) is 1. The molecule has 2 saturated heterocycles. The largest absolute Gasteiger partial charge is 0.391 e. The van der Waals surface area contributed by atoms with Crippen LogP contribution in [-0.2, 0) is 32.0 Å². The fraction of sp³-hybridized carbons (Fsp3) is 0.545. The Morgan fingerprint density at radius 1 is 0.776 bits per heavy atom. The highest BCUT2D eigenvalue weighted by Gasteiger charge is 2.41. The van der Waals surface area contributed by atoms with Crippen molar-refractivity contribution in [3.63, 3.8) is 0 Å². The lowest BCUT2D eigenvalue weighted by Crippen LogP contribution is -2.51. The molecular weight excluding hydrogens is 747 g/mol. The number of β-amino-alcohol motifs (C(OH)–C–C–N with tert-alkyl or cyclic N) is 2. The molecule has 0 unspecified atom stereocenters. The van der Waals surface area contributed by atoms with Crippen molar-refractivity contribution in [2.24, 2.45) is 11.8 Å². The summed E-state index contributed by atoms with van der Waals surface area (Å²) in [4.78, 5) is 64.1. The number of H-pyrrole nitrogens is 2. The number of amides is 3. The lowest BCUT2D eigenvalue weighted by Gasteiger charge is -2.30. The molecule has 3 amide bonds. The van der Waals surface area contributed by atoms with Gasteiger partial charge in [-0.1, -0.05) is 27.7 Å². The van der Waals surface area contributed by atoms with Crippen LogP contribution in [0, 0.1) is 23.5 Å². The van der Waals surface area contributed by atoms with E-state index in [0.29, 0.717) is 58.9 Å². The zero-order chi connectivity index (χ0) is 42.0. The number of carbonyl (C=O) groups excluding carboxylic acids is 4. The number of fused-ring (bicyclic) bond motifs is 2. The monoisotopic (exact) mass is 804 g/mol. The number of ketones is 1. The first kappa shape index (κ1) is 42.9. The Morgan fingerprint density at radius 2 is 1.28 bits per heavy atom. The van der Waals surface area contributed by atoms with E-state index in [-0.39, 0.29) is 68.2 Å². The standard InChI is InChI=1S/C44H58F2N6O6/c1-7-23(4)42(56)50-36(9-3)44(58)52-22-31(54)18-29(52)20-35-33-13-11-27(46)16-38(33)49-41(35)40-34(32-12-10-26(45)15-37(32)48-40)19-28-17-30(53)21-51(28)43(57)25(8-2)14-39(55)24(5)47-6/h10-13,15-16,23-25,28-31,36,47-49,53-54H,7-9,14,17-22H2,1-6H3,(H,50,56)/t23-,24+,25+,28+,29+,30-,31-,36+/m0/s1. The number of aliphatic hydroxyl groups excluding tert-OH is 2. The van der Waals surface area contributed by atoms with Crippen molar-refractivity contribution >= 4 is 45.3 Å². The maximum atomic E-state index is 14.8. The first-order valence-corrected chi connectivity index (χ1v) is 20.8. The average molecular weight is 805 g/mol. The van der Waals surface area contributed by atoms with Crippen LogP contribution in [0.4, 0.5) is 8.78 Å². The highest BCUT2D eigenvalue weighted by atomic mass is 19.1. The van der Waals surface area contributed by atoms with E-state index in [9.17, 15) is 38.2 Å². The zero-order valence-corrected chi connectivity index (χ0v) is 34.3. The molecule has 58 heavy (non-hydrogen) atoms. The van der Waals surface area contributed by atoms with E-state index >= 15 is 0 Å². The Bertz CT molecular complexity index is 2000. The number of rotatable bonds is 16. The Morgan fingerprint density at radius 3 is 1.72 bits per heavy atom. The van der Waals surface area contributed by atoms with Crippen molar-refractivity contribution in [3.05, 3.63) is 59.2 Å². The first-order chi connectivity index (χ1) is 27.7. The number of nitrogens with one attached hydrogen (secondary N) is 4. The third kappa shape index (κ3) is 8.84. The Kier molecular flexibility index (Phi) is 13.4. The number of carbonyl (C=O) groups is 4. The van der Waals surface area contributed by atoms with Gasteiger partial charge in [0.1, 0.15) is 23.5 Å². The molecule has 0 spiro atoms. The van der Waals surface area contributed by atoms with E-state index in [2.05, 4.69) is 20.6 Å². The summed E-state index contributed by atoms with van der Waals surface area (Å²) < 4.78 is 29.6. The van der Waals surface area contributed by atoms with Gasteiger partial charge in [-0.15, -0.1) is 0 Å². The SMILES string of the molecule is CC[C@H](CC(=O)[C@@H](C)NC)C(=O)N1C[C@@H](O)C[C@@H]1Cc1c(-c2[nH]c3cc(F)ccc3c2C[C@H]2C[C@H](O)CN2C(=O)[C@@H](CC)NC(=O)[C@@H](C)CC)[nH]c2cc(F)ccc12. The molecule has 12 nitrogen and oxygen atoms in total. The fourth-order valence-electron chi connectivity index (χ4n) is 8.75. The predicted octanol–water partition coefficient (Wildman–Crippen LogP) is 5.14. The molecular formula is C44H58F2N6O6. The van der Waals surface area contributed by atoms with Crippen molar-refractivity contribution in [2.45, 2.75) is 122 Å². The summed E-state index contributed by atoms with van der Waals surface area (Å²) in [5.74, 6) is -2.51. The van der Waals surface area contributed by atoms with Gasteiger partial charge in [-0.3, -0.25) is 19.2 Å². The van der Waals surface area contributed by atoms with Crippen LogP contribution >= 0.6 is 0 Å². The number of aliphatic hydroxyl groups is 2. The van der Waals surface area contributed by atoms with Crippen molar-refractivity contribution < 1.29 is 38.2 Å². The summed E-state index contributed by atoms with van der Waals surface area (Å²) in [7, 11) is 1.70. The molecule has 4 heterocycles. The molecule has 0 radical (unpaired) electrons. The number of aromatic amines is 2. The summed E-state index contributed by atoms with van der Waals surface area (Å²) in [5.41, 5.74) is 3.70. The van der Waals surface area contributed by atoms with E-state index in [1.807, 2.05) is 27.7 Å². The summed E-state index contributed by atoms with van der Waals surface area (Å²) in [5, 5.41) is 29.2. The molecule has 14 heteroatoms. The van der Waals surface area contributed by atoms with Crippen molar-refractivity contribution in [2.75, 3.05) is 20.1 Å². The van der Waals surface area contributed by atoms with Gasteiger partial charge in [-0.05, 0) is 106 Å². The second kappa shape index (κ2) is 18.1. The molecule has 0 saturated carbocycles. The van der Waals surface area contributed by atoms with Crippen molar-refractivity contribution in [1.82, 2.24) is 30.4 Å². The van der Waals surface area contributed by atoms with E-state index in [1.165, 1.54) is 24.3 Å². The molecule has 8 atom stereocenters. The van der Waals surface area contributed by atoms with Gasteiger partial charge < -0.3 is 40.6 Å². The third-order valence-electron chi connectivity index (χ3n) is 12.5. The Labute approximate surface area is 338 Å². The van der Waals surface area contributed by atoms with Crippen molar-refractivity contribution in [3.8, 4) is 11.4 Å². The summed E-state index contributed by atoms with van der Waals surface area (Å²) >= 11 is 0. The molecule has 2 aliphatic heterocycles. The third-order valence-corrected chi connectivity index (χ3v) is 12.5. The van der Waals surface area contributed by atoms with Gasteiger partial charge in [0, 0.05) is 65.2 Å². The highest BCUT2D eigenvalue weighted by molar-refractivity contribution is 5.97. The molecule has 314 valence electrons. The van der Waals surface area contributed by atoms with Crippen LogP contribution < -0.4 is 10.6 Å². The molecule has 2 aromatic heterocycles. The van der Waals surface area contributed by atoms with Crippen LogP contribution in [0.1, 0.15) is 84.3 Å². The van der Waals surface area contributed by atoms with Gasteiger partial charge in [0.15, 0.2) is 0 Å². The van der Waals surface area contributed by atoms with Crippen LogP contribution in [0.3, 0.4) is 0 Å². The lowest BCUT2D eigenvalue weighted by atomic mass is 9.93. The minimum atomic E-state index is -0.796. The molecule has 6 rings (SSSR count). The van der Waals surface area contributed by atoms with Gasteiger partial charge in [-0.25, -0.2) is 8.78 Å². The van der Waals surface area contributed by atoms with E-state index in [1.54, 1.807) is 35.9 Å². The average Bonchev–Trinajstić information content (AvgIpc) is 3.96. The molecule has 2 aromatic carbocycles. The summed E-state index contributed by atoms with van der Waals surface area (Å²) in [6, 6.07) is 6.78. The summed E-state index contributed by atoms with van der Waals surface area (Å²) in [6.07, 6.45) is 1.07. The van der Waals surface area contributed by atoms with E-state index in [0.717, 1.165) is 11.1 Å². The smallest absolute Gasteiger partial charge is 0.245 e. The quantitative estimate of drug-likeness (QED) is 0.0912. The van der Waals surface area contributed by atoms with Gasteiger partial charge >= 0.3 is 0 Å². The molecule has 0 bridgehead atoms. The van der Waals surface area contributed by atoms with Crippen LogP contribution in [0.2, 0.25) is 0 Å². The minimum Gasteiger partial charge on any atom is -0.391 e. The van der Waals surface area contributed by atoms with Crippen LogP contribution in [0.15, 0.2) is 36.4 Å². The number of nitrogens with zero attached hydrogens (tertiary/aromatic N) is 2. The first-order valence-electron chi connectivity index (χ1n) is 20.8. The fourth-order valence-corrected chi connectivity index (χ4v) is 8.75. The summed E-state index contributed by atoms with van der Waals surface area (Å²) in [6.45, 7) is 9.39. The normalized spacial score (nSPS) is 21.8. The predicted molar refractivity (Wildman–Crippen MR) is 219 cm³/mol. The topological polar surface area (TPSA) is 171 Å².